The number of rotatable bonds is 5. The molecule has 26 heavy (non-hydrogen) atoms. The van der Waals surface area contributed by atoms with Crippen LogP contribution in [0.25, 0.3) is 0 Å². The number of benzene rings is 2. The smallest absolute Gasteiger partial charge is 0.326 e. The minimum atomic E-state index is -0.510. The molecule has 0 saturated heterocycles. The molecule has 0 aliphatic carbocycles. The van der Waals surface area contributed by atoms with Crippen LogP contribution in [-0.2, 0) is 9.53 Å². The lowest BCUT2D eigenvalue weighted by atomic mass is 9.99. The van der Waals surface area contributed by atoms with Gasteiger partial charge in [0.05, 0.1) is 6.04 Å². The molecule has 4 nitrogen and oxygen atoms in total. The number of thiocarbonyl (C=S) groups is 1. The number of ether oxygens (including phenoxy) is 1. The Bertz CT molecular complexity index is 687. The number of carbonyl (C=O) groups excluding carboxylic acids is 1. The summed E-state index contributed by atoms with van der Waals surface area (Å²) in [6, 6.07) is 20.1. The van der Waals surface area contributed by atoms with Crippen LogP contribution < -0.4 is 5.32 Å². The van der Waals surface area contributed by atoms with Crippen LogP contribution in [0, 0.1) is 0 Å². The Morgan fingerprint density at radius 3 is 1.92 bits per heavy atom. The Hall–Kier alpha value is -2.40. The number of esters is 1. The number of likely N-dealkylation sites (N-methyl/N-ethyl adjacent to an activating group) is 1. The molecule has 0 saturated carbocycles. The Morgan fingerprint density at radius 2 is 1.50 bits per heavy atom. The molecule has 2 rings (SSSR count). The molecule has 0 fully saturated rings. The number of carbonyl (C=O) groups is 1. The molecule has 0 heterocycles. The SMILES string of the molecule is CN(CC(=O)OC(C)(C)C)C(=S)NC(c1ccccc1)c1ccccc1. The van der Waals surface area contributed by atoms with Crippen LogP contribution in [0.1, 0.15) is 37.9 Å². The van der Waals surface area contributed by atoms with Gasteiger partial charge in [-0.15, -0.1) is 0 Å². The van der Waals surface area contributed by atoms with Crippen LogP contribution in [0.5, 0.6) is 0 Å². The molecule has 1 N–H and O–H groups in total. The highest BCUT2D eigenvalue weighted by molar-refractivity contribution is 7.80. The minimum absolute atomic E-state index is 0.0917. The van der Waals surface area contributed by atoms with Gasteiger partial charge in [-0.05, 0) is 44.1 Å². The van der Waals surface area contributed by atoms with E-state index in [9.17, 15) is 4.79 Å². The van der Waals surface area contributed by atoms with Gasteiger partial charge in [-0.25, -0.2) is 0 Å². The molecule has 0 atom stereocenters. The van der Waals surface area contributed by atoms with E-state index in [-0.39, 0.29) is 18.6 Å². The van der Waals surface area contributed by atoms with E-state index in [1.807, 2.05) is 57.2 Å². The molecule has 0 spiro atoms. The predicted octanol–water partition coefficient (Wildman–Crippen LogP) is 3.92. The van der Waals surface area contributed by atoms with Crippen LogP contribution in [0.15, 0.2) is 60.7 Å². The molecule has 138 valence electrons. The number of hydrogen-bond acceptors (Lipinski definition) is 3. The van der Waals surface area contributed by atoms with Crippen molar-refractivity contribution < 1.29 is 9.53 Å². The molecular weight excluding hydrogens is 344 g/mol. The van der Waals surface area contributed by atoms with E-state index in [2.05, 4.69) is 29.6 Å². The van der Waals surface area contributed by atoms with Gasteiger partial charge in [0, 0.05) is 7.05 Å². The minimum Gasteiger partial charge on any atom is -0.459 e. The van der Waals surface area contributed by atoms with Crippen LogP contribution in [-0.4, -0.2) is 35.2 Å². The molecule has 0 radical (unpaired) electrons. The Balaban J connectivity index is 2.10. The van der Waals surface area contributed by atoms with Gasteiger partial charge < -0.3 is 15.0 Å². The summed E-state index contributed by atoms with van der Waals surface area (Å²) < 4.78 is 5.36. The highest BCUT2D eigenvalue weighted by atomic mass is 32.1. The van der Waals surface area contributed by atoms with Gasteiger partial charge in [-0.2, -0.15) is 0 Å². The quantitative estimate of drug-likeness (QED) is 0.638. The summed E-state index contributed by atoms with van der Waals surface area (Å²) >= 11 is 5.52. The molecule has 0 unspecified atom stereocenters. The third-order valence-electron chi connectivity index (χ3n) is 3.67. The number of hydrogen-bond donors (Lipinski definition) is 1. The van der Waals surface area contributed by atoms with Gasteiger partial charge in [0.25, 0.3) is 0 Å². The average molecular weight is 371 g/mol. The lowest BCUT2D eigenvalue weighted by Crippen LogP contribution is -2.43. The van der Waals surface area contributed by atoms with Crippen molar-refractivity contribution in [2.24, 2.45) is 0 Å². The van der Waals surface area contributed by atoms with Crippen molar-refractivity contribution in [3.8, 4) is 0 Å². The normalized spacial score (nSPS) is 11.1. The highest BCUT2D eigenvalue weighted by Gasteiger charge is 2.21. The third kappa shape index (κ3) is 6.15. The van der Waals surface area contributed by atoms with E-state index in [1.54, 1.807) is 11.9 Å². The van der Waals surface area contributed by atoms with Gasteiger partial charge in [-0.1, -0.05) is 60.7 Å². The Morgan fingerprint density at radius 1 is 1.04 bits per heavy atom. The van der Waals surface area contributed by atoms with Gasteiger partial charge in [-0.3, -0.25) is 4.79 Å². The molecule has 0 amide bonds. The summed E-state index contributed by atoms with van der Waals surface area (Å²) in [5.41, 5.74) is 1.70. The van der Waals surface area contributed by atoms with E-state index in [0.29, 0.717) is 5.11 Å². The maximum atomic E-state index is 12.0. The van der Waals surface area contributed by atoms with E-state index >= 15 is 0 Å². The van der Waals surface area contributed by atoms with Crippen molar-refractivity contribution in [1.29, 1.82) is 0 Å². The topological polar surface area (TPSA) is 41.6 Å². The number of nitrogens with one attached hydrogen (secondary N) is 1. The largest absolute Gasteiger partial charge is 0.459 e. The fourth-order valence-corrected chi connectivity index (χ4v) is 2.71. The zero-order valence-corrected chi connectivity index (χ0v) is 16.5. The molecular formula is C21H26N2O2S. The van der Waals surface area contributed by atoms with Crippen molar-refractivity contribution in [2.75, 3.05) is 13.6 Å². The van der Waals surface area contributed by atoms with Crippen LogP contribution in [0.2, 0.25) is 0 Å². The molecule has 0 aliphatic heterocycles. The van der Waals surface area contributed by atoms with E-state index in [0.717, 1.165) is 11.1 Å². The summed E-state index contributed by atoms with van der Waals surface area (Å²) in [4.78, 5) is 13.7. The molecule has 5 heteroatoms. The monoisotopic (exact) mass is 370 g/mol. The molecule has 0 aromatic heterocycles. The van der Waals surface area contributed by atoms with E-state index in [1.165, 1.54) is 0 Å². The van der Waals surface area contributed by atoms with Crippen molar-refractivity contribution in [2.45, 2.75) is 32.4 Å². The Kier molecular flexibility index (Phi) is 6.75. The van der Waals surface area contributed by atoms with Crippen molar-refractivity contribution >= 4 is 23.3 Å². The first-order valence-corrected chi connectivity index (χ1v) is 9.00. The van der Waals surface area contributed by atoms with Gasteiger partial charge in [0.1, 0.15) is 12.1 Å². The fourth-order valence-electron chi connectivity index (χ4n) is 2.52. The van der Waals surface area contributed by atoms with Crippen LogP contribution >= 0.6 is 12.2 Å². The summed E-state index contributed by atoms with van der Waals surface area (Å²) in [6.45, 7) is 5.65. The fraction of sp³-hybridized carbons (Fsp3) is 0.333. The van der Waals surface area contributed by atoms with Crippen LogP contribution in [0.3, 0.4) is 0 Å². The summed E-state index contributed by atoms with van der Waals surface area (Å²) in [5.74, 6) is -0.305. The second-order valence-corrected chi connectivity index (χ2v) is 7.53. The zero-order valence-electron chi connectivity index (χ0n) is 15.7. The summed E-state index contributed by atoms with van der Waals surface area (Å²) in [7, 11) is 1.78. The Labute approximate surface area is 161 Å². The van der Waals surface area contributed by atoms with Gasteiger partial charge >= 0.3 is 5.97 Å². The maximum Gasteiger partial charge on any atom is 0.326 e. The van der Waals surface area contributed by atoms with Crippen molar-refractivity contribution in [3.63, 3.8) is 0 Å². The first-order chi connectivity index (χ1) is 12.3. The molecule has 0 bridgehead atoms. The average Bonchev–Trinajstić information content (AvgIpc) is 2.59. The summed E-state index contributed by atoms with van der Waals surface area (Å²) in [6.07, 6.45) is 0. The zero-order chi connectivity index (χ0) is 19.2. The standard InChI is InChI=1S/C21H26N2O2S/c1-21(2,3)25-18(24)15-23(4)20(26)22-19(16-11-7-5-8-12-16)17-13-9-6-10-14-17/h5-14,19H,15H2,1-4H3,(H,22,26). The summed E-state index contributed by atoms with van der Waals surface area (Å²) in [5, 5.41) is 3.86. The second kappa shape index (κ2) is 8.81. The second-order valence-electron chi connectivity index (χ2n) is 7.15. The third-order valence-corrected chi connectivity index (χ3v) is 4.10. The lowest BCUT2D eigenvalue weighted by Gasteiger charge is -2.27. The van der Waals surface area contributed by atoms with Crippen molar-refractivity contribution in [3.05, 3.63) is 71.8 Å². The first kappa shape index (κ1) is 19.9. The van der Waals surface area contributed by atoms with Crippen LogP contribution in [0.4, 0.5) is 0 Å². The van der Waals surface area contributed by atoms with Crippen molar-refractivity contribution in [1.82, 2.24) is 10.2 Å². The highest BCUT2D eigenvalue weighted by Crippen LogP contribution is 2.22. The molecule has 2 aromatic carbocycles. The van der Waals surface area contributed by atoms with E-state index in [4.69, 9.17) is 17.0 Å². The van der Waals surface area contributed by atoms with E-state index < -0.39 is 5.60 Å². The van der Waals surface area contributed by atoms with Gasteiger partial charge in [0.15, 0.2) is 5.11 Å². The first-order valence-electron chi connectivity index (χ1n) is 8.59. The maximum absolute atomic E-state index is 12.0. The molecule has 0 aliphatic rings. The van der Waals surface area contributed by atoms with Gasteiger partial charge in [0.2, 0.25) is 0 Å². The lowest BCUT2D eigenvalue weighted by molar-refractivity contribution is -0.154. The molecule has 2 aromatic rings. The predicted molar refractivity (Wildman–Crippen MR) is 109 cm³/mol. The number of nitrogens with zero attached hydrogens (tertiary/aromatic N) is 1.